The van der Waals surface area contributed by atoms with E-state index < -0.39 is 10.4 Å². The van der Waals surface area contributed by atoms with E-state index in [4.69, 9.17) is 17.5 Å². The number of aliphatic hydroxyl groups is 1. The summed E-state index contributed by atoms with van der Waals surface area (Å²) in [5.74, 6) is 5.46. The van der Waals surface area contributed by atoms with Crippen molar-refractivity contribution in [1.82, 2.24) is 0 Å². The maximum absolute atomic E-state index is 10.2. The molecule has 5 nitrogen and oxygen atoms in total. The molecule has 0 radical (unpaired) electrons. The Labute approximate surface area is 239 Å². The zero-order chi connectivity index (χ0) is 24.6. The van der Waals surface area contributed by atoms with Gasteiger partial charge in [0.1, 0.15) is 0 Å². The molecular formula is C27H46Li2O5S. The van der Waals surface area contributed by atoms with Crippen molar-refractivity contribution in [2.24, 2.45) is 46.3 Å². The van der Waals surface area contributed by atoms with Crippen LogP contribution in [0.1, 0.15) is 105 Å². The summed E-state index contributed by atoms with van der Waals surface area (Å²) in [6.07, 6.45) is 17.2. The molecule has 0 heterocycles. The third-order valence-corrected chi connectivity index (χ3v) is 10.3. The molecule has 0 amide bonds. The molecule has 0 spiro atoms. The summed E-state index contributed by atoms with van der Waals surface area (Å²) in [6, 6.07) is 0. The normalized spacial score (nSPS) is 38.9. The third-order valence-electron chi connectivity index (χ3n) is 10.3. The van der Waals surface area contributed by atoms with Gasteiger partial charge in [0.25, 0.3) is 0 Å². The Bertz CT molecular complexity index is 808. The second-order valence-electron chi connectivity index (χ2n) is 12.6. The van der Waals surface area contributed by atoms with Crippen LogP contribution in [-0.4, -0.2) is 28.7 Å². The zero-order valence-corrected chi connectivity index (χ0v) is 24.2. The summed E-state index contributed by atoms with van der Waals surface area (Å²) in [5, 5.41) is 10.2. The number of hydrogen-bond acceptors (Lipinski definition) is 5. The average molecular weight is 497 g/mol. The van der Waals surface area contributed by atoms with Crippen LogP contribution < -0.4 is 37.7 Å². The molecule has 35 heavy (non-hydrogen) atoms. The van der Waals surface area contributed by atoms with Crippen molar-refractivity contribution in [1.29, 1.82) is 0 Å². The van der Waals surface area contributed by atoms with E-state index in [1.807, 2.05) is 0 Å². The molecule has 4 aliphatic rings. The fraction of sp³-hybridized carbons (Fsp3) is 0.926. The summed E-state index contributed by atoms with van der Waals surface area (Å²) in [6.45, 7) is 12.6. The summed E-state index contributed by atoms with van der Waals surface area (Å²) in [5.41, 5.74) is 2.60. The van der Waals surface area contributed by atoms with Crippen LogP contribution in [0.25, 0.3) is 0 Å². The second-order valence-corrected chi connectivity index (χ2v) is 13.4. The van der Waals surface area contributed by atoms with E-state index in [1.54, 1.807) is 5.57 Å². The van der Waals surface area contributed by atoms with Crippen molar-refractivity contribution < 1.29 is 60.4 Å². The molecule has 8 atom stereocenters. The maximum Gasteiger partial charge on any atom is 1.00 e. The summed E-state index contributed by atoms with van der Waals surface area (Å²) >= 11 is 0. The predicted octanol–water partition coefficient (Wildman–Crippen LogP) is 0.0587. The minimum absolute atomic E-state index is 0. The van der Waals surface area contributed by atoms with Gasteiger partial charge in [-0.1, -0.05) is 65.5 Å². The van der Waals surface area contributed by atoms with Gasteiger partial charge in [-0.25, -0.2) is 0 Å². The molecule has 0 saturated heterocycles. The maximum atomic E-state index is 10.2. The van der Waals surface area contributed by atoms with E-state index in [2.05, 4.69) is 40.7 Å². The second kappa shape index (κ2) is 13.2. The Morgan fingerprint density at radius 1 is 1.00 bits per heavy atom. The van der Waals surface area contributed by atoms with Crippen LogP contribution in [0.5, 0.6) is 0 Å². The first-order valence-corrected chi connectivity index (χ1v) is 14.6. The predicted molar refractivity (Wildman–Crippen MR) is 130 cm³/mol. The van der Waals surface area contributed by atoms with Gasteiger partial charge in [-0.15, -0.1) is 0 Å². The Morgan fingerprint density at radius 2 is 1.63 bits per heavy atom. The standard InChI is InChI=1S/C27H46O.2Li.H2O4S/c1-18(2)7-6-8-19(3)23-11-12-24-22-10-9-20-17-21(28)13-15-26(20,4)25(22)14-16-27(23,24)5;;;1-5(2,3)4/h9,18-19,21-25,28H,6-8,10-17H2,1-5H3;;;(H2,1,2,3,4)/q;2*+1;/p-2/t19-,21?,22?,23-,24?,25?,26+,27-;;;/m1.../s1. The Kier molecular flexibility index (Phi) is 12.8. The van der Waals surface area contributed by atoms with Crippen LogP contribution in [0, 0.1) is 46.3 Å². The zero-order valence-electron chi connectivity index (χ0n) is 23.4. The van der Waals surface area contributed by atoms with Gasteiger partial charge in [0, 0.05) is 10.4 Å². The molecule has 0 bridgehead atoms. The number of hydrogen-bond donors (Lipinski definition) is 1. The molecule has 0 aromatic carbocycles. The molecule has 4 unspecified atom stereocenters. The van der Waals surface area contributed by atoms with Gasteiger partial charge in [-0.2, -0.15) is 0 Å². The van der Waals surface area contributed by atoms with Crippen LogP contribution in [0.3, 0.4) is 0 Å². The van der Waals surface area contributed by atoms with Gasteiger partial charge in [0.15, 0.2) is 0 Å². The monoisotopic (exact) mass is 496 g/mol. The first kappa shape index (κ1) is 33.8. The minimum atomic E-state index is -5.17. The van der Waals surface area contributed by atoms with Crippen LogP contribution >= 0.6 is 0 Å². The SMILES string of the molecule is CC(C)CCC[C@@H](C)[C@H]1CCC2C3CC=C4CC(O)CC[C@]4(C)C3CC[C@@]21C.O=S(=O)([O-])[O-].[Li+].[Li+]. The molecule has 1 N–H and O–H groups in total. The van der Waals surface area contributed by atoms with E-state index in [0.29, 0.717) is 10.8 Å². The third kappa shape index (κ3) is 7.89. The first-order chi connectivity index (χ1) is 15.3. The molecule has 0 aromatic heterocycles. The van der Waals surface area contributed by atoms with Gasteiger partial charge in [-0.05, 0) is 97.7 Å². The Morgan fingerprint density at radius 3 is 2.23 bits per heavy atom. The molecule has 0 aliphatic heterocycles. The number of aliphatic hydroxyl groups excluding tert-OH is 1. The van der Waals surface area contributed by atoms with Gasteiger partial charge in [0.2, 0.25) is 0 Å². The topological polar surface area (TPSA) is 100 Å². The van der Waals surface area contributed by atoms with Gasteiger partial charge >= 0.3 is 37.7 Å². The molecule has 3 saturated carbocycles. The molecule has 3 fully saturated rings. The number of allylic oxidation sites excluding steroid dienone is 1. The van der Waals surface area contributed by atoms with Crippen molar-refractivity contribution in [3.05, 3.63) is 11.6 Å². The van der Waals surface area contributed by atoms with Crippen molar-refractivity contribution in [2.45, 2.75) is 111 Å². The first-order valence-electron chi connectivity index (χ1n) is 13.3. The fourth-order valence-corrected chi connectivity index (χ4v) is 8.67. The molecule has 4 rings (SSSR count). The largest absolute Gasteiger partial charge is 1.00 e. The number of fused-ring (bicyclic) bond motifs is 5. The van der Waals surface area contributed by atoms with Gasteiger partial charge < -0.3 is 14.2 Å². The average Bonchev–Trinajstić information content (AvgIpc) is 3.04. The van der Waals surface area contributed by atoms with Crippen LogP contribution in [0.15, 0.2) is 11.6 Å². The number of rotatable bonds is 5. The van der Waals surface area contributed by atoms with Gasteiger partial charge in [-0.3, -0.25) is 8.42 Å². The van der Waals surface area contributed by atoms with E-state index in [9.17, 15) is 5.11 Å². The van der Waals surface area contributed by atoms with E-state index in [0.717, 1.165) is 48.3 Å². The fourth-order valence-electron chi connectivity index (χ4n) is 8.67. The summed E-state index contributed by atoms with van der Waals surface area (Å²) in [4.78, 5) is 0. The Balaban J connectivity index is 0.000000798. The van der Waals surface area contributed by atoms with E-state index in [1.165, 1.54) is 57.8 Å². The smallest absolute Gasteiger partial charge is 0.759 e. The molecule has 8 heteroatoms. The molecule has 0 aromatic rings. The van der Waals surface area contributed by atoms with Crippen molar-refractivity contribution in [2.75, 3.05) is 0 Å². The van der Waals surface area contributed by atoms with E-state index in [-0.39, 0.29) is 43.8 Å². The van der Waals surface area contributed by atoms with Crippen LogP contribution in [-0.2, 0) is 10.4 Å². The summed E-state index contributed by atoms with van der Waals surface area (Å²) < 4.78 is 34.1. The van der Waals surface area contributed by atoms with Crippen molar-refractivity contribution >= 4 is 10.4 Å². The molecule has 4 aliphatic carbocycles. The molecule has 192 valence electrons. The van der Waals surface area contributed by atoms with Crippen LogP contribution in [0.4, 0.5) is 0 Å². The van der Waals surface area contributed by atoms with Crippen molar-refractivity contribution in [3.8, 4) is 0 Å². The van der Waals surface area contributed by atoms with E-state index >= 15 is 0 Å². The van der Waals surface area contributed by atoms with Crippen molar-refractivity contribution in [3.63, 3.8) is 0 Å². The Hall–Kier alpha value is 0.765. The quantitative estimate of drug-likeness (QED) is 0.251. The summed E-state index contributed by atoms with van der Waals surface area (Å²) in [7, 11) is -5.17. The van der Waals surface area contributed by atoms with Gasteiger partial charge in [0.05, 0.1) is 6.10 Å². The van der Waals surface area contributed by atoms with Crippen LogP contribution in [0.2, 0.25) is 0 Å². The molecular weight excluding hydrogens is 450 g/mol. The minimum Gasteiger partial charge on any atom is -0.759 e.